The Balaban J connectivity index is 1.23. The average Bonchev–Trinajstić information content (AvgIpc) is 3.02. The van der Waals surface area contributed by atoms with Gasteiger partial charge in [0, 0.05) is 23.7 Å². The van der Waals surface area contributed by atoms with Crippen molar-refractivity contribution in [1.82, 2.24) is 14.9 Å². The lowest BCUT2D eigenvalue weighted by Gasteiger charge is -2.43. The van der Waals surface area contributed by atoms with Crippen molar-refractivity contribution < 1.29 is 19.4 Å². The molecular formula is C33H36N4O4. The van der Waals surface area contributed by atoms with Gasteiger partial charge in [0.1, 0.15) is 5.69 Å². The summed E-state index contributed by atoms with van der Waals surface area (Å²) in [7, 11) is 0. The molecular weight excluding hydrogens is 516 g/mol. The van der Waals surface area contributed by atoms with Crippen LogP contribution >= 0.6 is 0 Å². The van der Waals surface area contributed by atoms with Gasteiger partial charge in [0.2, 0.25) is 0 Å². The van der Waals surface area contributed by atoms with Crippen LogP contribution in [0.3, 0.4) is 0 Å². The number of anilines is 1. The van der Waals surface area contributed by atoms with Crippen LogP contribution in [0.2, 0.25) is 0 Å². The van der Waals surface area contributed by atoms with Crippen LogP contribution in [-0.2, 0) is 16.1 Å². The molecule has 0 unspecified atom stereocenters. The first kappa shape index (κ1) is 27.5. The third-order valence-electron chi connectivity index (χ3n) is 8.11. The summed E-state index contributed by atoms with van der Waals surface area (Å²) in [6.07, 6.45) is 4.41. The van der Waals surface area contributed by atoms with Gasteiger partial charge in [-0.25, -0.2) is 4.98 Å². The Labute approximate surface area is 240 Å². The van der Waals surface area contributed by atoms with Crippen LogP contribution in [-0.4, -0.2) is 51.6 Å². The molecule has 4 atom stereocenters. The number of benzene rings is 3. The number of amides is 1. The van der Waals surface area contributed by atoms with Gasteiger partial charge in [-0.15, -0.1) is 0 Å². The second-order valence-corrected chi connectivity index (χ2v) is 11.0. The zero-order chi connectivity index (χ0) is 28.2. The highest BCUT2D eigenvalue weighted by atomic mass is 16.7. The minimum atomic E-state index is -0.596. The first-order valence-corrected chi connectivity index (χ1v) is 14.4. The molecule has 3 aromatic carbocycles. The molecule has 2 aliphatic heterocycles. The van der Waals surface area contributed by atoms with E-state index in [0.717, 1.165) is 41.8 Å². The average molecular weight is 553 g/mol. The van der Waals surface area contributed by atoms with Crippen molar-refractivity contribution in [2.24, 2.45) is 5.92 Å². The predicted molar refractivity (Wildman–Crippen MR) is 157 cm³/mol. The number of nitrogens with zero attached hydrogens (tertiary/aromatic N) is 3. The monoisotopic (exact) mass is 552 g/mol. The minimum Gasteiger partial charge on any atom is -0.392 e. The van der Waals surface area contributed by atoms with Crippen molar-refractivity contribution in [3.05, 3.63) is 101 Å². The number of hydrogen-bond donors (Lipinski definition) is 2. The topological polar surface area (TPSA) is 96.8 Å². The molecule has 0 bridgehead atoms. The summed E-state index contributed by atoms with van der Waals surface area (Å²) < 4.78 is 13.3. The predicted octanol–water partition coefficient (Wildman–Crippen LogP) is 5.65. The van der Waals surface area contributed by atoms with Crippen LogP contribution in [0.4, 0.5) is 5.69 Å². The highest BCUT2D eigenvalue weighted by Crippen LogP contribution is 2.42. The van der Waals surface area contributed by atoms with Gasteiger partial charge in [-0.1, -0.05) is 61.9 Å². The summed E-state index contributed by atoms with van der Waals surface area (Å²) >= 11 is 0. The Morgan fingerprint density at radius 2 is 1.73 bits per heavy atom. The quantitative estimate of drug-likeness (QED) is 0.306. The first-order chi connectivity index (χ1) is 20.1. The number of aliphatic hydroxyl groups excluding tert-OH is 1. The van der Waals surface area contributed by atoms with E-state index < -0.39 is 6.29 Å². The molecule has 2 N–H and O–H groups in total. The maximum atomic E-state index is 13.1. The van der Waals surface area contributed by atoms with E-state index in [1.807, 2.05) is 72.8 Å². The van der Waals surface area contributed by atoms with E-state index in [9.17, 15) is 9.90 Å². The highest BCUT2D eigenvalue weighted by molar-refractivity contribution is 6.03. The van der Waals surface area contributed by atoms with E-state index in [0.29, 0.717) is 11.2 Å². The third-order valence-corrected chi connectivity index (χ3v) is 8.11. The number of ether oxygens (including phenoxy) is 2. The minimum absolute atomic E-state index is 0.00792. The van der Waals surface area contributed by atoms with Crippen molar-refractivity contribution in [1.29, 1.82) is 0 Å². The van der Waals surface area contributed by atoms with E-state index in [2.05, 4.69) is 27.1 Å². The van der Waals surface area contributed by atoms with Gasteiger partial charge < -0.3 is 24.8 Å². The number of aromatic nitrogens is 2. The SMILES string of the molecule is C[C@H]1[C@@H](CN2CCCCC2)O[C@@H](c2cccc(NC(=O)c3cnc4ccccc4n3)c2)O[C@H]1c1ccc(CO)cc1. The lowest BCUT2D eigenvalue weighted by Crippen LogP contribution is -2.45. The van der Waals surface area contributed by atoms with Crippen molar-refractivity contribution >= 4 is 22.6 Å². The number of carbonyl (C=O) groups is 1. The fourth-order valence-corrected chi connectivity index (χ4v) is 5.75. The second kappa shape index (κ2) is 12.4. The molecule has 2 fully saturated rings. The molecule has 41 heavy (non-hydrogen) atoms. The Kier molecular flexibility index (Phi) is 8.34. The number of carbonyl (C=O) groups excluding carboxylic acids is 1. The Hall–Kier alpha value is -3.69. The largest absolute Gasteiger partial charge is 0.392 e. The zero-order valence-corrected chi connectivity index (χ0v) is 23.3. The zero-order valence-electron chi connectivity index (χ0n) is 23.3. The summed E-state index contributed by atoms with van der Waals surface area (Å²) in [5.41, 5.74) is 5.06. The molecule has 4 aromatic rings. The number of likely N-dealkylation sites (tertiary alicyclic amines) is 1. The van der Waals surface area contributed by atoms with Gasteiger partial charge in [0.15, 0.2) is 6.29 Å². The fourth-order valence-electron chi connectivity index (χ4n) is 5.75. The molecule has 0 radical (unpaired) electrons. The number of rotatable bonds is 7. The summed E-state index contributed by atoms with van der Waals surface area (Å²) in [6, 6.07) is 23.0. The van der Waals surface area contributed by atoms with Gasteiger partial charge in [0.25, 0.3) is 5.91 Å². The smallest absolute Gasteiger partial charge is 0.275 e. The van der Waals surface area contributed by atoms with Crippen LogP contribution in [0.25, 0.3) is 11.0 Å². The Morgan fingerprint density at radius 3 is 2.51 bits per heavy atom. The van der Waals surface area contributed by atoms with Crippen LogP contribution in [0, 0.1) is 5.92 Å². The molecule has 1 aromatic heterocycles. The van der Waals surface area contributed by atoms with Gasteiger partial charge in [-0.05, 0) is 61.3 Å². The van der Waals surface area contributed by atoms with Crippen molar-refractivity contribution in [3.63, 3.8) is 0 Å². The highest BCUT2D eigenvalue weighted by Gasteiger charge is 2.39. The third kappa shape index (κ3) is 6.31. The van der Waals surface area contributed by atoms with Crippen molar-refractivity contribution in [2.45, 2.75) is 51.3 Å². The number of fused-ring (bicyclic) bond motifs is 1. The summed E-state index contributed by atoms with van der Waals surface area (Å²) in [5.74, 6) is -0.202. The van der Waals surface area contributed by atoms with Crippen LogP contribution in [0.5, 0.6) is 0 Å². The van der Waals surface area contributed by atoms with E-state index >= 15 is 0 Å². The lowest BCUT2D eigenvalue weighted by atomic mass is 9.89. The standard InChI is InChI=1S/C33H36N4O4/c1-22-30(20-37-16-5-2-6-17-37)40-33(41-31(22)24-14-12-23(21-38)13-15-24)25-8-7-9-26(18-25)35-32(39)29-19-34-27-10-3-4-11-28(27)36-29/h3-4,7-15,18-19,22,30-31,33,38H,2,5-6,16-17,20-21H2,1H3,(H,35,39)/t22-,30+,31+,33+/m0/s1. The number of nitrogens with one attached hydrogen (secondary N) is 1. The van der Waals surface area contributed by atoms with E-state index in [1.165, 1.54) is 25.5 Å². The van der Waals surface area contributed by atoms with Gasteiger partial charge in [0.05, 0.1) is 36.0 Å². The van der Waals surface area contributed by atoms with E-state index in [1.54, 1.807) is 0 Å². The second-order valence-electron chi connectivity index (χ2n) is 11.0. The molecule has 6 rings (SSSR count). The molecule has 0 saturated carbocycles. The number of para-hydroxylation sites is 2. The number of piperidine rings is 1. The number of aliphatic hydroxyl groups is 1. The van der Waals surface area contributed by atoms with Gasteiger partial charge in [-0.3, -0.25) is 9.78 Å². The Morgan fingerprint density at radius 1 is 0.951 bits per heavy atom. The Bertz CT molecular complexity index is 1490. The number of hydrogen-bond acceptors (Lipinski definition) is 7. The normalized spacial score (nSPS) is 23.4. The summed E-state index contributed by atoms with van der Waals surface area (Å²) in [4.78, 5) is 24.4. The lowest BCUT2D eigenvalue weighted by molar-refractivity contribution is -0.276. The molecule has 3 heterocycles. The molecule has 2 aliphatic rings. The van der Waals surface area contributed by atoms with Crippen LogP contribution < -0.4 is 5.32 Å². The maximum Gasteiger partial charge on any atom is 0.275 e. The summed E-state index contributed by atoms with van der Waals surface area (Å²) in [5, 5.41) is 12.5. The molecule has 8 heteroatoms. The molecule has 8 nitrogen and oxygen atoms in total. The summed E-state index contributed by atoms with van der Waals surface area (Å²) in [6.45, 7) is 5.23. The first-order valence-electron chi connectivity index (χ1n) is 14.4. The van der Waals surface area contributed by atoms with E-state index in [4.69, 9.17) is 9.47 Å². The van der Waals surface area contributed by atoms with Crippen LogP contribution in [0.1, 0.15) is 65.8 Å². The molecule has 0 spiro atoms. The molecule has 1 amide bonds. The van der Waals surface area contributed by atoms with Crippen LogP contribution in [0.15, 0.2) is 79.0 Å². The molecule has 2 saturated heterocycles. The van der Waals surface area contributed by atoms with Crippen molar-refractivity contribution in [3.8, 4) is 0 Å². The van der Waals surface area contributed by atoms with Gasteiger partial charge in [-0.2, -0.15) is 0 Å². The molecule has 0 aliphatic carbocycles. The van der Waals surface area contributed by atoms with E-state index in [-0.39, 0.29) is 36.3 Å². The van der Waals surface area contributed by atoms with Crippen molar-refractivity contribution in [2.75, 3.05) is 25.0 Å². The maximum absolute atomic E-state index is 13.1. The fraction of sp³-hybridized carbons (Fsp3) is 0.364. The van der Waals surface area contributed by atoms with Gasteiger partial charge >= 0.3 is 0 Å². The molecule has 212 valence electrons.